The molecule has 0 spiro atoms. The number of hydrogen-bond donors (Lipinski definition) is 6. The minimum absolute atomic E-state index is 0.0371. The topological polar surface area (TPSA) is 236 Å². The lowest BCUT2D eigenvalue weighted by molar-refractivity contribution is -0.132. The number of rotatable bonds is 11. The highest BCUT2D eigenvalue weighted by atomic mass is 16.6. The Bertz CT molecular complexity index is 1680. The highest BCUT2D eigenvalue weighted by Crippen LogP contribution is 2.29. The molecule has 0 atom stereocenters. The van der Waals surface area contributed by atoms with Crippen LogP contribution in [-0.4, -0.2) is 81.2 Å². The number of carbonyl (C=O) groups is 3. The first-order chi connectivity index (χ1) is 23.3. The second-order valence-corrected chi connectivity index (χ2v) is 12.0. The van der Waals surface area contributed by atoms with Crippen molar-refractivity contribution in [2.75, 3.05) is 19.6 Å². The average Bonchev–Trinajstić information content (AvgIpc) is 3.07. The molecule has 0 aliphatic carbocycles. The molecule has 16 nitrogen and oxygen atoms in total. The van der Waals surface area contributed by atoms with E-state index in [0.717, 1.165) is 0 Å². The van der Waals surface area contributed by atoms with E-state index < -0.39 is 17.6 Å². The molecule has 1 aliphatic heterocycles. The van der Waals surface area contributed by atoms with E-state index in [0.29, 0.717) is 48.6 Å². The summed E-state index contributed by atoms with van der Waals surface area (Å²) >= 11 is 0. The molecule has 0 bridgehead atoms. The summed E-state index contributed by atoms with van der Waals surface area (Å²) in [5.74, 6) is 0.140. The molecule has 3 aromatic rings. The summed E-state index contributed by atoms with van der Waals surface area (Å²) in [6, 6.07) is 15.6. The number of nitrogens with two attached hydrogens (primary N) is 2. The Balaban J connectivity index is 1.42. The van der Waals surface area contributed by atoms with Crippen molar-refractivity contribution in [2.45, 2.75) is 51.7 Å². The van der Waals surface area contributed by atoms with Crippen molar-refractivity contribution in [1.29, 1.82) is 0 Å². The van der Waals surface area contributed by atoms with Crippen molar-refractivity contribution in [3.8, 4) is 23.3 Å². The van der Waals surface area contributed by atoms with E-state index in [-0.39, 0.29) is 53.9 Å². The molecule has 4 rings (SSSR count). The van der Waals surface area contributed by atoms with Gasteiger partial charge in [0.25, 0.3) is 5.91 Å². The number of nitrogens with one attached hydrogen (secondary N) is 2. The maximum atomic E-state index is 13.5. The van der Waals surface area contributed by atoms with Crippen LogP contribution in [0.15, 0.2) is 71.0 Å². The average molecular weight is 677 g/mol. The molecule has 0 saturated carbocycles. The van der Waals surface area contributed by atoms with E-state index in [1.54, 1.807) is 74.2 Å². The van der Waals surface area contributed by atoms with Crippen LogP contribution in [0.25, 0.3) is 0 Å². The molecular weight excluding hydrogens is 636 g/mol. The van der Waals surface area contributed by atoms with Crippen LogP contribution in [0.2, 0.25) is 0 Å². The van der Waals surface area contributed by atoms with Gasteiger partial charge < -0.3 is 51.6 Å². The van der Waals surface area contributed by atoms with Gasteiger partial charge >= 0.3 is 6.09 Å². The predicted molar refractivity (Wildman–Crippen MR) is 178 cm³/mol. The van der Waals surface area contributed by atoms with Gasteiger partial charge in [0, 0.05) is 49.3 Å². The number of ether oxygens (including phenoxy) is 3. The molecule has 0 radical (unpaired) electrons. The van der Waals surface area contributed by atoms with Gasteiger partial charge in [-0.15, -0.1) is 0 Å². The Morgan fingerprint density at radius 2 is 1.43 bits per heavy atom. The molecular formula is C33H40N8O8. The predicted octanol–water partition coefficient (Wildman–Crippen LogP) is 3.49. The molecule has 2 aromatic carbocycles. The quantitative estimate of drug-likeness (QED) is 0.0744. The number of aromatic nitrogens is 1. The zero-order valence-corrected chi connectivity index (χ0v) is 27.4. The van der Waals surface area contributed by atoms with Gasteiger partial charge in [-0.05, 0) is 88.2 Å². The molecule has 1 aromatic heterocycles. The van der Waals surface area contributed by atoms with Crippen molar-refractivity contribution in [2.24, 2.45) is 21.8 Å². The molecule has 1 aliphatic rings. The molecule has 1 fully saturated rings. The van der Waals surface area contributed by atoms with Gasteiger partial charge in [0.15, 0.2) is 11.7 Å². The molecule has 260 valence electrons. The number of hydrogen-bond acceptors (Lipinski definition) is 11. The minimum Gasteiger partial charge on any atom is -0.444 e. The number of oxime groups is 2. The van der Waals surface area contributed by atoms with Crippen LogP contribution in [0, 0.1) is 0 Å². The Kier molecular flexibility index (Phi) is 11.8. The largest absolute Gasteiger partial charge is 0.444 e. The van der Waals surface area contributed by atoms with Crippen molar-refractivity contribution >= 4 is 29.6 Å². The fourth-order valence-electron chi connectivity index (χ4n) is 4.75. The lowest BCUT2D eigenvalue weighted by Gasteiger charge is -2.32. The van der Waals surface area contributed by atoms with E-state index in [1.807, 2.05) is 0 Å². The number of piperidine rings is 1. The van der Waals surface area contributed by atoms with E-state index in [1.165, 1.54) is 12.1 Å². The summed E-state index contributed by atoms with van der Waals surface area (Å²) in [6.45, 7) is 6.31. The minimum atomic E-state index is -0.628. The fraction of sp³-hybridized carbons (Fsp3) is 0.333. The first-order valence-corrected chi connectivity index (χ1v) is 15.4. The van der Waals surface area contributed by atoms with Gasteiger partial charge in [0.1, 0.15) is 22.7 Å². The van der Waals surface area contributed by atoms with E-state index in [2.05, 4.69) is 25.9 Å². The van der Waals surface area contributed by atoms with E-state index in [9.17, 15) is 14.4 Å². The lowest BCUT2D eigenvalue weighted by Crippen LogP contribution is -2.47. The first-order valence-electron chi connectivity index (χ1n) is 15.4. The third-order valence-corrected chi connectivity index (χ3v) is 7.22. The number of nitrogens with zero attached hydrogens (tertiary/aromatic N) is 4. The SMILES string of the molecule is CC(C)(C)OC(=O)NCCC(=O)N1CCC(NC(=O)c2ccc(Oc3ccc(/C(N)=N/O)cc3)nc2Oc2ccc(/C(N)=N/O)cc2)CC1. The highest BCUT2D eigenvalue weighted by Gasteiger charge is 2.26. The molecule has 2 heterocycles. The zero-order chi connectivity index (χ0) is 35.6. The van der Waals surface area contributed by atoms with E-state index in [4.69, 9.17) is 36.1 Å². The molecule has 16 heteroatoms. The molecule has 1 saturated heterocycles. The van der Waals surface area contributed by atoms with Crippen LogP contribution >= 0.6 is 0 Å². The first kappa shape index (κ1) is 35.8. The van der Waals surface area contributed by atoms with Crippen LogP contribution in [0.3, 0.4) is 0 Å². The molecule has 0 unspecified atom stereocenters. The Morgan fingerprint density at radius 3 is 1.96 bits per heavy atom. The highest BCUT2D eigenvalue weighted by molar-refractivity contribution is 5.98. The fourth-order valence-corrected chi connectivity index (χ4v) is 4.75. The number of pyridine rings is 1. The Hall–Kier alpha value is -6.06. The van der Waals surface area contributed by atoms with Crippen molar-refractivity contribution < 1.29 is 39.0 Å². The summed E-state index contributed by atoms with van der Waals surface area (Å²) in [5, 5.41) is 29.4. The Labute approximate surface area is 282 Å². The van der Waals surface area contributed by atoms with Crippen LogP contribution < -0.4 is 31.6 Å². The van der Waals surface area contributed by atoms with Gasteiger partial charge in [-0.2, -0.15) is 4.98 Å². The second kappa shape index (κ2) is 16.2. The maximum absolute atomic E-state index is 13.5. The Morgan fingerprint density at radius 1 is 0.878 bits per heavy atom. The van der Waals surface area contributed by atoms with Gasteiger partial charge in [-0.3, -0.25) is 9.59 Å². The van der Waals surface area contributed by atoms with Crippen LogP contribution in [0.5, 0.6) is 23.3 Å². The zero-order valence-electron chi connectivity index (χ0n) is 27.4. The van der Waals surface area contributed by atoms with Crippen LogP contribution in [0.4, 0.5) is 4.79 Å². The number of likely N-dealkylation sites (tertiary alicyclic amines) is 1. The number of alkyl carbamates (subject to hydrolysis) is 1. The van der Waals surface area contributed by atoms with Gasteiger partial charge in [0.05, 0.1) is 0 Å². The van der Waals surface area contributed by atoms with Gasteiger partial charge in [-0.1, -0.05) is 10.3 Å². The monoisotopic (exact) mass is 676 g/mol. The summed E-state index contributed by atoms with van der Waals surface area (Å²) in [4.78, 5) is 44.2. The lowest BCUT2D eigenvalue weighted by atomic mass is 10.0. The summed E-state index contributed by atoms with van der Waals surface area (Å²) in [6.07, 6.45) is 0.606. The second-order valence-electron chi connectivity index (χ2n) is 12.0. The van der Waals surface area contributed by atoms with E-state index >= 15 is 0 Å². The number of amides is 3. The molecule has 8 N–H and O–H groups in total. The van der Waals surface area contributed by atoms with Gasteiger partial charge in [0.2, 0.25) is 17.7 Å². The van der Waals surface area contributed by atoms with Gasteiger partial charge in [-0.25, -0.2) is 4.79 Å². The summed E-state index contributed by atoms with van der Waals surface area (Å²) in [7, 11) is 0. The van der Waals surface area contributed by atoms with Crippen molar-refractivity contribution in [3.63, 3.8) is 0 Å². The number of benzene rings is 2. The third-order valence-electron chi connectivity index (χ3n) is 7.22. The number of carbonyl (C=O) groups excluding carboxylic acids is 3. The smallest absolute Gasteiger partial charge is 0.407 e. The normalized spacial score (nSPS) is 14.1. The molecule has 3 amide bonds. The molecule has 49 heavy (non-hydrogen) atoms. The maximum Gasteiger partial charge on any atom is 0.407 e. The number of amidine groups is 2. The van der Waals surface area contributed by atoms with Crippen LogP contribution in [0.1, 0.15) is 61.5 Å². The van der Waals surface area contributed by atoms with Crippen molar-refractivity contribution in [3.05, 3.63) is 77.4 Å². The standard InChI is InChI=1S/C33H40N8O8/c1-33(2,3)49-32(44)36-17-14-27(42)41-18-15-22(16-19-41)37-30(43)25-12-13-26(47-23-8-4-20(5-9-23)28(34)39-45)38-31(25)48-24-10-6-21(7-11-24)29(35)40-46/h4-13,22,45-46H,14-19H2,1-3H3,(H2,34,39)(H2,35,40)(H,36,44)(H,37,43). The summed E-state index contributed by atoms with van der Waals surface area (Å²) < 4.78 is 17.1. The third kappa shape index (κ3) is 10.5. The summed E-state index contributed by atoms with van der Waals surface area (Å²) in [5.41, 5.74) is 11.7. The van der Waals surface area contributed by atoms with Crippen molar-refractivity contribution in [1.82, 2.24) is 20.5 Å². The van der Waals surface area contributed by atoms with Crippen LogP contribution in [-0.2, 0) is 9.53 Å².